The first-order chi connectivity index (χ1) is 7.54. The molecule has 1 aromatic rings. The fraction of sp³-hybridized carbons (Fsp3) is 0.600. The molecule has 0 aromatic heterocycles. The van der Waals surface area contributed by atoms with E-state index < -0.39 is 0 Å². The fourth-order valence-corrected chi connectivity index (χ4v) is 2.19. The lowest BCUT2D eigenvalue weighted by Crippen LogP contribution is -2.31. The van der Waals surface area contributed by atoms with Gasteiger partial charge in [-0.1, -0.05) is 37.6 Å². The molecule has 0 saturated carbocycles. The van der Waals surface area contributed by atoms with Crippen LogP contribution in [0.2, 0.25) is 0 Å². The van der Waals surface area contributed by atoms with Crippen molar-refractivity contribution in [3.63, 3.8) is 0 Å². The maximum absolute atomic E-state index is 3.41. The lowest BCUT2D eigenvalue weighted by atomic mass is 9.94. The minimum absolute atomic E-state index is 0.625. The summed E-state index contributed by atoms with van der Waals surface area (Å²) in [7, 11) is 2.06. The largest absolute Gasteiger partial charge is 0.317 e. The first-order valence-electron chi connectivity index (χ1n) is 6.28. The van der Waals surface area contributed by atoms with Crippen LogP contribution in [0.25, 0.3) is 0 Å². The smallest absolute Gasteiger partial charge is 0.00902 e. The Bertz CT molecular complexity index is 328. The van der Waals surface area contributed by atoms with Gasteiger partial charge in [0.15, 0.2) is 0 Å². The van der Waals surface area contributed by atoms with Gasteiger partial charge in [0.2, 0.25) is 0 Å². The molecule has 1 nitrogen and oxygen atoms in total. The molecule has 0 aliphatic heterocycles. The molecule has 1 aromatic carbocycles. The second kappa shape index (κ2) is 6.05. The Labute approximate surface area is 100 Å². The van der Waals surface area contributed by atoms with Gasteiger partial charge in [-0.25, -0.2) is 0 Å². The van der Waals surface area contributed by atoms with Gasteiger partial charge in [0.25, 0.3) is 0 Å². The summed E-state index contributed by atoms with van der Waals surface area (Å²) in [4.78, 5) is 0. The van der Waals surface area contributed by atoms with Crippen molar-refractivity contribution in [1.29, 1.82) is 0 Å². The number of rotatable bonds is 5. The summed E-state index contributed by atoms with van der Waals surface area (Å²) in [5, 5.41) is 3.41. The molecule has 0 bridgehead atoms. The number of benzene rings is 1. The van der Waals surface area contributed by atoms with E-state index in [-0.39, 0.29) is 0 Å². The molecular formula is C15H25N. The van der Waals surface area contributed by atoms with Crippen LogP contribution in [0.3, 0.4) is 0 Å². The van der Waals surface area contributed by atoms with Gasteiger partial charge in [-0.15, -0.1) is 0 Å². The van der Waals surface area contributed by atoms with E-state index in [0.717, 1.165) is 0 Å². The first kappa shape index (κ1) is 13.2. The molecule has 1 heteroatoms. The number of hydrogen-bond donors (Lipinski definition) is 1. The predicted molar refractivity (Wildman–Crippen MR) is 71.9 cm³/mol. The summed E-state index contributed by atoms with van der Waals surface area (Å²) in [6.45, 7) is 8.94. The normalized spacial score (nSPS) is 13.1. The summed E-state index contributed by atoms with van der Waals surface area (Å²) in [5.74, 6) is 0.704. The zero-order chi connectivity index (χ0) is 12.1. The van der Waals surface area contributed by atoms with Gasteiger partial charge in [-0.05, 0) is 50.8 Å². The number of nitrogens with one attached hydrogen (secondary N) is 1. The zero-order valence-corrected chi connectivity index (χ0v) is 11.3. The van der Waals surface area contributed by atoms with E-state index in [9.17, 15) is 0 Å². The molecular weight excluding hydrogens is 194 g/mol. The van der Waals surface area contributed by atoms with Crippen LogP contribution in [0.5, 0.6) is 0 Å². The van der Waals surface area contributed by atoms with Crippen molar-refractivity contribution in [3.8, 4) is 0 Å². The Morgan fingerprint density at radius 3 is 2.44 bits per heavy atom. The van der Waals surface area contributed by atoms with Gasteiger partial charge in [-0.3, -0.25) is 0 Å². The Kier molecular flexibility index (Phi) is 5.01. The van der Waals surface area contributed by atoms with Crippen molar-refractivity contribution in [1.82, 2.24) is 5.32 Å². The zero-order valence-electron chi connectivity index (χ0n) is 11.3. The topological polar surface area (TPSA) is 12.0 Å². The maximum Gasteiger partial charge on any atom is 0.00902 e. The summed E-state index contributed by atoms with van der Waals surface area (Å²) in [5.41, 5.74) is 4.29. The first-order valence-corrected chi connectivity index (χ1v) is 6.28. The van der Waals surface area contributed by atoms with Crippen LogP contribution in [0, 0.1) is 19.8 Å². The third kappa shape index (κ3) is 3.64. The van der Waals surface area contributed by atoms with Crippen LogP contribution in [0.15, 0.2) is 18.2 Å². The molecule has 0 fully saturated rings. The van der Waals surface area contributed by atoms with Gasteiger partial charge in [0, 0.05) is 6.04 Å². The van der Waals surface area contributed by atoms with Crippen LogP contribution in [0.1, 0.15) is 37.0 Å². The van der Waals surface area contributed by atoms with Crippen LogP contribution in [-0.4, -0.2) is 13.1 Å². The Balaban J connectivity index is 2.63. The van der Waals surface area contributed by atoms with E-state index in [1.807, 2.05) is 0 Å². The molecule has 0 saturated heterocycles. The van der Waals surface area contributed by atoms with Crippen LogP contribution < -0.4 is 5.32 Å². The highest BCUT2D eigenvalue weighted by molar-refractivity contribution is 5.30. The maximum atomic E-state index is 3.41. The van der Waals surface area contributed by atoms with Crippen molar-refractivity contribution in [2.75, 3.05) is 7.05 Å². The Morgan fingerprint density at radius 2 is 1.88 bits per heavy atom. The third-order valence-corrected chi connectivity index (χ3v) is 3.40. The van der Waals surface area contributed by atoms with Crippen LogP contribution in [-0.2, 0) is 6.42 Å². The van der Waals surface area contributed by atoms with Gasteiger partial charge in [0.05, 0.1) is 0 Å². The quantitative estimate of drug-likeness (QED) is 0.799. The highest BCUT2D eigenvalue weighted by atomic mass is 14.9. The molecule has 1 N–H and O–H groups in total. The van der Waals surface area contributed by atoms with E-state index in [2.05, 4.69) is 58.3 Å². The molecule has 0 heterocycles. The summed E-state index contributed by atoms with van der Waals surface area (Å²) >= 11 is 0. The molecule has 0 radical (unpaired) electrons. The summed E-state index contributed by atoms with van der Waals surface area (Å²) in [6.07, 6.45) is 2.40. The average Bonchev–Trinajstić information content (AvgIpc) is 2.23. The van der Waals surface area contributed by atoms with Crippen molar-refractivity contribution in [3.05, 3.63) is 34.9 Å². The molecule has 16 heavy (non-hydrogen) atoms. The van der Waals surface area contributed by atoms with Crippen molar-refractivity contribution >= 4 is 0 Å². The molecule has 0 amide bonds. The predicted octanol–water partition coefficient (Wildman–Crippen LogP) is 3.48. The lowest BCUT2D eigenvalue weighted by molar-refractivity contribution is 0.402. The highest BCUT2D eigenvalue weighted by Gasteiger charge is 2.11. The Morgan fingerprint density at radius 1 is 1.19 bits per heavy atom. The summed E-state index contributed by atoms with van der Waals surface area (Å²) < 4.78 is 0. The molecule has 1 unspecified atom stereocenters. The van der Waals surface area contributed by atoms with Crippen molar-refractivity contribution in [2.45, 2.75) is 46.6 Å². The molecule has 0 aliphatic rings. The Hall–Kier alpha value is -0.820. The molecule has 90 valence electrons. The van der Waals surface area contributed by atoms with Gasteiger partial charge in [-0.2, -0.15) is 0 Å². The van der Waals surface area contributed by atoms with Gasteiger partial charge >= 0.3 is 0 Å². The molecule has 0 aliphatic carbocycles. The second-order valence-corrected chi connectivity index (χ2v) is 5.11. The van der Waals surface area contributed by atoms with Gasteiger partial charge < -0.3 is 5.32 Å². The molecule has 1 rings (SSSR count). The van der Waals surface area contributed by atoms with Crippen molar-refractivity contribution < 1.29 is 0 Å². The lowest BCUT2D eigenvalue weighted by Gasteiger charge is -2.20. The van der Waals surface area contributed by atoms with Crippen LogP contribution >= 0.6 is 0 Å². The minimum atomic E-state index is 0.625. The van der Waals surface area contributed by atoms with E-state index >= 15 is 0 Å². The van der Waals surface area contributed by atoms with E-state index in [4.69, 9.17) is 0 Å². The average molecular weight is 219 g/mol. The SMILES string of the molecule is CNC(CCc1cc(C)ccc1C)C(C)C. The minimum Gasteiger partial charge on any atom is -0.317 e. The van der Waals surface area contributed by atoms with Crippen LogP contribution in [0.4, 0.5) is 0 Å². The van der Waals surface area contributed by atoms with Gasteiger partial charge in [0.1, 0.15) is 0 Å². The van der Waals surface area contributed by atoms with E-state index in [1.165, 1.54) is 29.5 Å². The standard InChI is InChI=1S/C15H25N/c1-11(2)15(16-5)9-8-14-10-12(3)6-7-13(14)4/h6-7,10-11,15-16H,8-9H2,1-5H3. The number of hydrogen-bond acceptors (Lipinski definition) is 1. The monoisotopic (exact) mass is 219 g/mol. The molecule has 0 spiro atoms. The summed E-state index contributed by atoms with van der Waals surface area (Å²) in [6, 6.07) is 7.37. The molecule has 1 atom stereocenters. The van der Waals surface area contributed by atoms with E-state index in [0.29, 0.717) is 12.0 Å². The fourth-order valence-electron chi connectivity index (χ4n) is 2.19. The second-order valence-electron chi connectivity index (χ2n) is 5.11. The van der Waals surface area contributed by atoms with Crippen molar-refractivity contribution in [2.24, 2.45) is 5.92 Å². The number of aryl methyl sites for hydroxylation is 3. The third-order valence-electron chi connectivity index (χ3n) is 3.40. The highest BCUT2D eigenvalue weighted by Crippen LogP contribution is 2.15. The van der Waals surface area contributed by atoms with E-state index in [1.54, 1.807) is 0 Å².